The van der Waals surface area contributed by atoms with Crippen molar-refractivity contribution in [2.24, 2.45) is 0 Å². The molecule has 0 aliphatic heterocycles. The largest absolute Gasteiger partial charge is 0.344 e. The van der Waals surface area contributed by atoms with Crippen molar-refractivity contribution in [2.45, 2.75) is 0 Å². The third-order valence-corrected chi connectivity index (χ3v) is 2.56. The third kappa shape index (κ3) is 1.84. The van der Waals surface area contributed by atoms with E-state index in [4.69, 9.17) is 0 Å². The lowest BCUT2D eigenvalue weighted by Gasteiger charge is -1.95. The molecule has 70 valence electrons. The summed E-state index contributed by atoms with van der Waals surface area (Å²) < 4.78 is 1.17. The number of carbonyl (C=O) groups is 1. The summed E-state index contributed by atoms with van der Waals surface area (Å²) in [6.45, 7) is 0. The summed E-state index contributed by atoms with van der Waals surface area (Å²) in [7, 11) is 0. The molecule has 0 bridgehead atoms. The van der Waals surface area contributed by atoms with E-state index in [1.165, 1.54) is 3.57 Å². The first-order chi connectivity index (χ1) is 6.79. The van der Waals surface area contributed by atoms with Crippen molar-refractivity contribution in [3.63, 3.8) is 0 Å². The van der Waals surface area contributed by atoms with Gasteiger partial charge in [0.15, 0.2) is 6.29 Å². The van der Waals surface area contributed by atoms with Gasteiger partial charge in [0.1, 0.15) is 11.5 Å². The number of carbonyl (C=O) groups excluding carboxylic acids is 1. The number of H-pyrrole nitrogens is 1. The Kier molecular flexibility index (Phi) is 2.62. The predicted octanol–water partition coefficient (Wildman–Crippen LogP) is 2.49. The fourth-order valence-electron chi connectivity index (χ4n) is 1.15. The number of hydrogen-bond acceptors (Lipinski definition) is 2. The Hall–Kier alpha value is -1.17. The first kappa shape index (κ1) is 9.39. The van der Waals surface area contributed by atoms with E-state index >= 15 is 0 Å². The van der Waals surface area contributed by atoms with E-state index < -0.39 is 0 Å². The van der Waals surface area contributed by atoms with Crippen LogP contribution in [0.25, 0.3) is 11.4 Å². The molecule has 0 fully saturated rings. The molecular formula is C10H7IN2O. The van der Waals surface area contributed by atoms with Gasteiger partial charge in [0, 0.05) is 15.3 Å². The zero-order valence-corrected chi connectivity index (χ0v) is 9.36. The standard InChI is InChI=1S/C10H7IN2O/c11-8-3-1-7(2-4-8)10-12-5-9(6-14)13-10/h1-6H,(H,12,13). The molecule has 0 aliphatic rings. The highest BCUT2D eigenvalue weighted by molar-refractivity contribution is 14.1. The average Bonchev–Trinajstić information content (AvgIpc) is 2.67. The van der Waals surface area contributed by atoms with E-state index in [1.807, 2.05) is 24.3 Å². The zero-order valence-electron chi connectivity index (χ0n) is 7.20. The number of aromatic nitrogens is 2. The predicted molar refractivity (Wildman–Crippen MR) is 62.1 cm³/mol. The van der Waals surface area contributed by atoms with Crippen LogP contribution in [0.15, 0.2) is 30.5 Å². The summed E-state index contributed by atoms with van der Waals surface area (Å²) in [6, 6.07) is 7.93. The number of benzene rings is 1. The molecule has 14 heavy (non-hydrogen) atoms. The van der Waals surface area contributed by atoms with E-state index in [0.717, 1.165) is 17.7 Å². The summed E-state index contributed by atoms with van der Waals surface area (Å²) >= 11 is 2.24. The van der Waals surface area contributed by atoms with Crippen molar-refractivity contribution >= 4 is 28.9 Å². The highest BCUT2D eigenvalue weighted by atomic mass is 127. The summed E-state index contributed by atoms with van der Waals surface area (Å²) in [4.78, 5) is 17.5. The lowest BCUT2D eigenvalue weighted by atomic mass is 10.2. The van der Waals surface area contributed by atoms with Gasteiger partial charge < -0.3 is 4.98 Å². The number of rotatable bonds is 2. The molecule has 1 aromatic heterocycles. The van der Waals surface area contributed by atoms with Crippen molar-refractivity contribution in [3.8, 4) is 11.4 Å². The molecule has 0 spiro atoms. The second-order valence-corrected chi connectivity index (χ2v) is 4.04. The Bertz CT molecular complexity index is 447. The Balaban J connectivity index is 2.39. The Labute approximate surface area is 94.7 Å². The van der Waals surface area contributed by atoms with Gasteiger partial charge in [-0.3, -0.25) is 4.79 Å². The lowest BCUT2D eigenvalue weighted by Crippen LogP contribution is -1.82. The number of nitrogens with one attached hydrogen (secondary N) is 1. The minimum absolute atomic E-state index is 0.429. The molecule has 0 radical (unpaired) electrons. The van der Waals surface area contributed by atoms with E-state index in [9.17, 15) is 4.79 Å². The van der Waals surface area contributed by atoms with Gasteiger partial charge in [-0.2, -0.15) is 0 Å². The van der Waals surface area contributed by atoms with Crippen molar-refractivity contribution < 1.29 is 4.79 Å². The molecule has 0 aliphatic carbocycles. The quantitative estimate of drug-likeness (QED) is 0.684. The van der Waals surface area contributed by atoms with Crippen LogP contribution in [0.5, 0.6) is 0 Å². The van der Waals surface area contributed by atoms with Crippen molar-refractivity contribution in [3.05, 3.63) is 39.7 Å². The van der Waals surface area contributed by atoms with Crippen LogP contribution in [0.2, 0.25) is 0 Å². The molecule has 0 saturated heterocycles. The van der Waals surface area contributed by atoms with Crippen LogP contribution >= 0.6 is 22.6 Å². The maximum absolute atomic E-state index is 10.4. The number of aromatic amines is 1. The summed E-state index contributed by atoms with van der Waals surface area (Å²) in [5, 5.41) is 0. The molecule has 0 amide bonds. The molecule has 1 heterocycles. The monoisotopic (exact) mass is 298 g/mol. The summed E-state index contributed by atoms with van der Waals surface area (Å²) in [5.74, 6) is 0.725. The first-order valence-electron chi connectivity index (χ1n) is 4.06. The maximum atomic E-state index is 10.4. The maximum Gasteiger partial charge on any atom is 0.170 e. The first-order valence-corrected chi connectivity index (χ1v) is 5.14. The van der Waals surface area contributed by atoms with E-state index in [0.29, 0.717) is 5.69 Å². The van der Waals surface area contributed by atoms with Crippen LogP contribution in [-0.4, -0.2) is 16.3 Å². The van der Waals surface area contributed by atoms with Gasteiger partial charge in [-0.15, -0.1) is 0 Å². The number of hydrogen-bond donors (Lipinski definition) is 1. The van der Waals surface area contributed by atoms with Gasteiger partial charge in [-0.25, -0.2) is 4.98 Å². The van der Waals surface area contributed by atoms with Gasteiger partial charge in [-0.05, 0) is 34.7 Å². The highest BCUT2D eigenvalue weighted by Crippen LogP contribution is 2.16. The zero-order chi connectivity index (χ0) is 9.97. The minimum Gasteiger partial charge on any atom is -0.344 e. The second-order valence-electron chi connectivity index (χ2n) is 2.80. The smallest absolute Gasteiger partial charge is 0.170 e. The SMILES string of the molecule is O=Cc1c[nH]c(-c2ccc(I)cc2)n1. The molecule has 3 nitrogen and oxygen atoms in total. The number of nitrogens with zero attached hydrogens (tertiary/aromatic N) is 1. The molecule has 0 atom stereocenters. The van der Waals surface area contributed by atoms with E-state index in [-0.39, 0.29) is 0 Å². The molecular weight excluding hydrogens is 291 g/mol. The Morgan fingerprint density at radius 1 is 1.29 bits per heavy atom. The van der Waals surface area contributed by atoms with Crippen LogP contribution in [-0.2, 0) is 0 Å². The lowest BCUT2D eigenvalue weighted by molar-refractivity contribution is 0.111. The van der Waals surface area contributed by atoms with E-state index in [1.54, 1.807) is 6.20 Å². The average molecular weight is 298 g/mol. The van der Waals surface area contributed by atoms with Crippen LogP contribution in [0, 0.1) is 3.57 Å². The van der Waals surface area contributed by atoms with E-state index in [2.05, 4.69) is 32.6 Å². The minimum atomic E-state index is 0.429. The molecule has 2 aromatic rings. The van der Waals surface area contributed by atoms with Crippen LogP contribution in [0.3, 0.4) is 0 Å². The molecule has 1 N–H and O–H groups in total. The fourth-order valence-corrected chi connectivity index (χ4v) is 1.51. The van der Waals surface area contributed by atoms with Crippen LogP contribution in [0.1, 0.15) is 10.5 Å². The molecule has 1 aromatic carbocycles. The van der Waals surface area contributed by atoms with Gasteiger partial charge in [0.25, 0.3) is 0 Å². The Morgan fingerprint density at radius 3 is 2.57 bits per heavy atom. The topological polar surface area (TPSA) is 45.8 Å². The highest BCUT2D eigenvalue weighted by Gasteiger charge is 2.02. The fraction of sp³-hybridized carbons (Fsp3) is 0. The molecule has 2 rings (SSSR count). The van der Waals surface area contributed by atoms with Crippen molar-refractivity contribution in [1.29, 1.82) is 0 Å². The molecule has 4 heteroatoms. The number of imidazole rings is 1. The summed E-state index contributed by atoms with van der Waals surface area (Å²) in [5.41, 5.74) is 1.41. The third-order valence-electron chi connectivity index (χ3n) is 1.84. The van der Waals surface area contributed by atoms with Crippen molar-refractivity contribution in [1.82, 2.24) is 9.97 Å². The number of aldehydes is 1. The van der Waals surface area contributed by atoms with Gasteiger partial charge in [0.05, 0.1) is 0 Å². The Morgan fingerprint density at radius 2 is 2.00 bits per heavy atom. The molecule has 0 saturated carbocycles. The van der Waals surface area contributed by atoms with Crippen molar-refractivity contribution in [2.75, 3.05) is 0 Å². The van der Waals surface area contributed by atoms with Gasteiger partial charge in [0.2, 0.25) is 0 Å². The normalized spacial score (nSPS) is 10.1. The van der Waals surface area contributed by atoms with Gasteiger partial charge in [-0.1, -0.05) is 12.1 Å². The summed E-state index contributed by atoms with van der Waals surface area (Å²) in [6.07, 6.45) is 2.33. The second kappa shape index (κ2) is 3.91. The molecule has 0 unspecified atom stereocenters. The number of halogens is 1. The van der Waals surface area contributed by atoms with Crippen LogP contribution < -0.4 is 0 Å². The van der Waals surface area contributed by atoms with Crippen LogP contribution in [0.4, 0.5) is 0 Å². The van der Waals surface area contributed by atoms with Gasteiger partial charge >= 0.3 is 0 Å².